The van der Waals surface area contributed by atoms with Crippen LogP contribution in [0.25, 0.3) is 0 Å². The number of rotatable bonds is 8. The molecule has 0 aliphatic carbocycles. The van der Waals surface area contributed by atoms with Crippen LogP contribution in [-0.2, 0) is 13.2 Å². The van der Waals surface area contributed by atoms with E-state index >= 15 is 0 Å². The van der Waals surface area contributed by atoms with Gasteiger partial charge in [0.05, 0.1) is 11.6 Å². The summed E-state index contributed by atoms with van der Waals surface area (Å²) < 4.78 is 25.5. The standard InChI is InChI=1S/C23H28ClFN2O2.2ClH/c1-2-28-22-12-16(13-26-21-14-27-9-7-17(21)8-10-27)11-19(24)23(22)29-15-18-5-3-4-6-20(18)25;;/h3-6,11-12,17,21,26H,2,7-10,13-15H2,1H3;2*1H. The van der Waals surface area contributed by atoms with Crippen molar-refractivity contribution in [3.05, 3.63) is 58.4 Å². The molecule has 3 aliphatic rings. The molecule has 3 fully saturated rings. The third kappa shape index (κ3) is 6.39. The molecule has 8 heteroatoms. The number of nitrogens with one attached hydrogen (secondary N) is 1. The monoisotopic (exact) mass is 490 g/mol. The van der Waals surface area contributed by atoms with E-state index in [1.165, 1.54) is 32.0 Å². The molecule has 1 atom stereocenters. The summed E-state index contributed by atoms with van der Waals surface area (Å²) in [5.41, 5.74) is 1.55. The van der Waals surface area contributed by atoms with Gasteiger partial charge in [0, 0.05) is 24.7 Å². The second kappa shape index (κ2) is 12.1. The van der Waals surface area contributed by atoms with Crippen molar-refractivity contribution in [3.8, 4) is 11.5 Å². The van der Waals surface area contributed by atoms with Crippen LogP contribution in [0.15, 0.2) is 36.4 Å². The van der Waals surface area contributed by atoms with Gasteiger partial charge < -0.3 is 19.7 Å². The van der Waals surface area contributed by atoms with Crippen molar-refractivity contribution < 1.29 is 13.9 Å². The maximum atomic E-state index is 13.9. The van der Waals surface area contributed by atoms with Crippen molar-refractivity contribution in [1.29, 1.82) is 0 Å². The third-order valence-electron chi connectivity index (χ3n) is 5.92. The van der Waals surface area contributed by atoms with Crippen LogP contribution < -0.4 is 14.8 Å². The molecule has 0 aromatic heterocycles. The van der Waals surface area contributed by atoms with Crippen molar-refractivity contribution in [1.82, 2.24) is 10.2 Å². The zero-order valence-corrected chi connectivity index (χ0v) is 20.0. The number of fused-ring (bicyclic) bond motifs is 3. The van der Waals surface area contributed by atoms with Gasteiger partial charge in [0.2, 0.25) is 0 Å². The summed E-state index contributed by atoms with van der Waals surface area (Å²) in [5.74, 6) is 1.54. The van der Waals surface area contributed by atoms with Crippen LogP contribution in [0.5, 0.6) is 11.5 Å². The zero-order valence-electron chi connectivity index (χ0n) is 17.6. The Kier molecular flexibility index (Phi) is 10.2. The van der Waals surface area contributed by atoms with E-state index in [9.17, 15) is 4.39 Å². The smallest absolute Gasteiger partial charge is 0.180 e. The van der Waals surface area contributed by atoms with Crippen LogP contribution in [-0.4, -0.2) is 37.2 Å². The summed E-state index contributed by atoms with van der Waals surface area (Å²) in [4.78, 5) is 2.54. The molecule has 3 aliphatic heterocycles. The van der Waals surface area contributed by atoms with Gasteiger partial charge in [-0.3, -0.25) is 0 Å². The first-order valence-electron chi connectivity index (χ1n) is 10.4. The lowest BCUT2D eigenvalue weighted by Gasteiger charge is -2.45. The summed E-state index contributed by atoms with van der Waals surface area (Å²) in [6.07, 6.45) is 2.57. The first kappa shape index (κ1) is 26.0. The normalized spacial score (nSPS) is 21.7. The van der Waals surface area contributed by atoms with E-state index in [1.54, 1.807) is 18.2 Å². The summed E-state index contributed by atoms with van der Waals surface area (Å²) in [6, 6.07) is 11.0. The van der Waals surface area contributed by atoms with Crippen LogP contribution in [0.4, 0.5) is 4.39 Å². The van der Waals surface area contributed by atoms with E-state index in [4.69, 9.17) is 21.1 Å². The van der Waals surface area contributed by atoms with Gasteiger partial charge in [0.15, 0.2) is 11.5 Å². The minimum absolute atomic E-state index is 0. The Hall–Kier alpha value is -1.24. The Bertz CT molecular complexity index is 848. The molecule has 172 valence electrons. The summed E-state index contributed by atoms with van der Waals surface area (Å²) in [5, 5.41) is 4.19. The molecular weight excluding hydrogens is 462 g/mol. The molecule has 2 aromatic rings. The topological polar surface area (TPSA) is 33.7 Å². The minimum atomic E-state index is -0.292. The van der Waals surface area contributed by atoms with E-state index in [2.05, 4.69) is 10.2 Å². The Labute approximate surface area is 201 Å². The number of nitrogens with zero attached hydrogens (tertiary/aromatic N) is 1. The maximum absolute atomic E-state index is 13.9. The van der Waals surface area contributed by atoms with Crippen LogP contribution >= 0.6 is 36.4 Å². The first-order chi connectivity index (χ1) is 14.1. The second-order valence-corrected chi connectivity index (χ2v) is 8.25. The van der Waals surface area contributed by atoms with Gasteiger partial charge in [-0.05, 0) is 62.5 Å². The van der Waals surface area contributed by atoms with Gasteiger partial charge in [-0.2, -0.15) is 0 Å². The van der Waals surface area contributed by atoms with E-state index in [0.717, 1.165) is 24.6 Å². The molecular formula is C23H30Cl3FN2O2. The molecule has 1 unspecified atom stereocenters. The first-order valence-corrected chi connectivity index (χ1v) is 10.8. The molecule has 0 spiro atoms. The molecule has 2 bridgehead atoms. The predicted octanol–water partition coefficient (Wildman–Crippen LogP) is 5.48. The van der Waals surface area contributed by atoms with Crippen LogP contribution in [0.1, 0.15) is 30.9 Å². The van der Waals surface area contributed by atoms with Crippen molar-refractivity contribution in [2.75, 3.05) is 26.2 Å². The second-order valence-electron chi connectivity index (χ2n) is 7.84. The van der Waals surface area contributed by atoms with Gasteiger partial charge in [-0.25, -0.2) is 4.39 Å². The van der Waals surface area contributed by atoms with Gasteiger partial charge in [-0.15, -0.1) is 24.8 Å². The predicted molar refractivity (Wildman–Crippen MR) is 128 cm³/mol. The number of benzene rings is 2. The third-order valence-corrected chi connectivity index (χ3v) is 6.20. The summed E-state index contributed by atoms with van der Waals surface area (Å²) in [7, 11) is 0. The van der Waals surface area contributed by atoms with Crippen molar-refractivity contribution in [2.24, 2.45) is 5.92 Å². The number of hydrogen-bond donors (Lipinski definition) is 1. The fourth-order valence-corrected chi connectivity index (χ4v) is 4.62. The lowest BCUT2D eigenvalue weighted by atomic mass is 9.84. The highest BCUT2D eigenvalue weighted by Crippen LogP contribution is 2.37. The maximum Gasteiger partial charge on any atom is 0.180 e. The quantitative estimate of drug-likeness (QED) is 0.530. The highest BCUT2D eigenvalue weighted by atomic mass is 35.5. The fourth-order valence-electron chi connectivity index (χ4n) is 4.34. The van der Waals surface area contributed by atoms with E-state index in [-0.39, 0.29) is 37.2 Å². The van der Waals surface area contributed by atoms with Gasteiger partial charge in [-0.1, -0.05) is 29.8 Å². The number of piperidine rings is 3. The van der Waals surface area contributed by atoms with E-state index in [1.807, 2.05) is 19.1 Å². The number of halogens is 4. The van der Waals surface area contributed by atoms with Gasteiger partial charge in [0.1, 0.15) is 12.4 Å². The molecule has 3 heterocycles. The highest BCUT2D eigenvalue weighted by molar-refractivity contribution is 6.32. The Morgan fingerprint density at radius 2 is 1.87 bits per heavy atom. The minimum Gasteiger partial charge on any atom is -0.490 e. The van der Waals surface area contributed by atoms with Gasteiger partial charge >= 0.3 is 0 Å². The lowest BCUT2D eigenvalue weighted by Crippen LogP contribution is -2.55. The van der Waals surface area contributed by atoms with Gasteiger partial charge in [0.25, 0.3) is 0 Å². The van der Waals surface area contributed by atoms with Crippen molar-refractivity contribution in [2.45, 2.75) is 39.0 Å². The number of hydrogen-bond acceptors (Lipinski definition) is 4. The lowest BCUT2D eigenvalue weighted by molar-refractivity contribution is 0.0720. The fraction of sp³-hybridized carbons (Fsp3) is 0.478. The van der Waals surface area contributed by atoms with Crippen molar-refractivity contribution in [3.63, 3.8) is 0 Å². The van der Waals surface area contributed by atoms with E-state index in [0.29, 0.717) is 34.7 Å². The molecule has 2 aromatic carbocycles. The molecule has 3 saturated heterocycles. The molecule has 0 radical (unpaired) electrons. The Balaban J connectivity index is 0.00000171. The van der Waals surface area contributed by atoms with Crippen LogP contribution in [0, 0.1) is 11.7 Å². The molecule has 5 rings (SSSR count). The molecule has 0 saturated carbocycles. The average Bonchev–Trinajstić information content (AvgIpc) is 2.74. The van der Waals surface area contributed by atoms with Crippen LogP contribution in [0.3, 0.4) is 0 Å². The largest absolute Gasteiger partial charge is 0.490 e. The molecule has 1 N–H and O–H groups in total. The Morgan fingerprint density at radius 3 is 2.52 bits per heavy atom. The average molecular weight is 492 g/mol. The highest BCUT2D eigenvalue weighted by Gasteiger charge is 2.33. The zero-order chi connectivity index (χ0) is 20.2. The number of ether oxygens (including phenoxy) is 2. The van der Waals surface area contributed by atoms with Crippen molar-refractivity contribution >= 4 is 36.4 Å². The molecule has 4 nitrogen and oxygen atoms in total. The molecule has 31 heavy (non-hydrogen) atoms. The summed E-state index contributed by atoms with van der Waals surface area (Å²) in [6.45, 7) is 6.86. The van der Waals surface area contributed by atoms with Crippen LogP contribution in [0.2, 0.25) is 5.02 Å². The molecule has 0 amide bonds. The Morgan fingerprint density at radius 1 is 1.13 bits per heavy atom. The SMILES string of the molecule is CCOc1cc(CNC2CN3CCC2CC3)cc(Cl)c1OCc1ccccc1F.Cl.Cl. The summed E-state index contributed by atoms with van der Waals surface area (Å²) >= 11 is 6.53. The van der Waals surface area contributed by atoms with E-state index < -0.39 is 0 Å².